The second-order valence-corrected chi connectivity index (χ2v) is 8.02. The molecule has 1 fully saturated rings. The second kappa shape index (κ2) is 7.41. The molecule has 2 aliphatic rings. The molecular weight excluding hydrogens is 413 g/mol. The molecule has 0 spiro atoms. The fourth-order valence-corrected chi connectivity index (χ4v) is 4.40. The van der Waals surface area contributed by atoms with Gasteiger partial charge in [-0.25, -0.2) is 4.39 Å². The number of para-hydroxylation sites is 2. The van der Waals surface area contributed by atoms with Crippen LogP contribution in [-0.2, 0) is 14.4 Å². The summed E-state index contributed by atoms with van der Waals surface area (Å²) < 4.78 is 14.2. The zero-order chi connectivity index (χ0) is 20.7. The lowest BCUT2D eigenvalue weighted by molar-refractivity contribution is -0.121. The topological polar surface area (TPSA) is 69.7 Å². The summed E-state index contributed by atoms with van der Waals surface area (Å²) in [7, 11) is 1.55. The number of nitrogens with zero attached hydrogens (tertiary/aromatic N) is 2. The van der Waals surface area contributed by atoms with Gasteiger partial charge >= 0.3 is 0 Å². The molecule has 146 valence electrons. The standard InChI is InChI=1S/C20H14FN3O3S2/c1-23-19(27)17(29-20(23)28)16-11-6-2-5-9-14(11)24(18(16)26)10-15(25)22-13-8-4-3-7-12(13)21/h2-9H,10H2,1H3,(H,22,25). The molecule has 0 aliphatic carbocycles. The van der Waals surface area contributed by atoms with Gasteiger partial charge in [0, 0.05) is 12.6 Å². The summed E-state index contributed by atoms with van der Waals surface area (Å²) in [5.74, 6) is -1.94. The number of anilines is 2. The SMILES string of the molecule is CN1C(=O)C(=C2C(=O)N(CC(=O)Nc3ccccc3F)c3ccccc32)SC1=S. The predicted molar refractivity (Wildman–Crippen MR) is 114 cm³/mol. The van der Waals surface area contributed by atoms with Crippen LogP contribution >= 0.6 is 24.0 Å². The molecule has 1 N–H and O–H groups in total. The van der Waals surface area contributed by atoms with Crippen LogP contribution in [0, 0.1) is 5.82 Å². The first kappa shape index (κ1) is 19.3. The highest BCUT2D eigenvalue weighted by Crippen LogP contribution is 2.44. The Kier molecular flexibility index (Phi) is 4.93. The maximum atomic E-state index is 13.8. The number of fused-ring (bicyclic) bond motifs is 1. The molecule has 2 aliphatic heterocycles. The number of carbonyl (C=O) groups is 3. The van der Waals surface area contributed by atoms with Crippen molar-refractivity contribution >= 4 is 63.0 Å². The van der Waals surface area contributed by atoms with Crippen LogP contribution < -0.4 is 10.2 Å². The molecule has 3 amide bonds. The fraction of sp³-hybridized carbons (Fsp3) is 0.100. The molecule has 2 aromatic carbocycles. The Labute approximate surface area is 175 Å². The highest BCUT2D eigenvalue weighted by Gasteiger charge is 2.41. The summed E-state index contributed by atoms with van der Waals surface area (Å²) in [5.41, 5.74) is 1.33. The predicted octanol–water partition coefficient (Wildman–Crippen LogP) is 3.01. The van der Waals surface area contributed by atoms with Crippen molar-refractivity contribution in [2.45, 2.75) is 0 Å². The summed E-state index contributed by atoms with van der Waals surface area (Å²) in [6.45, 7) is -0.319. The molecule has 2 aromatic rings. The first-order valence-electron chi connectivity index (χ1n) is 8.58. The van der Waals surface area contributed by atoms with Gasteiger partial charge in [-0.15, -0.1) is 0 Å². The number of benzene rings is 2. The molecule has 29 heavy (non-hydrogen) atoms. The summed E-state index contributed by atoms with van der Waals surface area (Å²) in [5, 5.41) is 2.47. The van der Waals surface area contributed by atoms with Crippen LogP contribution in [0.25, 0.3) is 5.57 Å². The van der Waals surface area contributed by atoms with E-state index in [9.17, 15) is 18.8 Å². The highest BCUT2D eigenvalue weighted by molar-refractivity contribution is 8.26. The minimum atomic E-state index is -0.568. The van der Waals surface area contributed by atoms with E-state index in [-0.39, 0.29) is 28.6 Å². The van der Waals surface area contributed by atoms with Gasteiger partial charge in [-0.3, -0.25) is 24.2 Å². The number of amides is 3. The third kappa shape index (κ3) is 3.32. The van der Waals surface area contributed by atoms with E-state index in [1.807, 2.05) is 0 Å². The normalized spacial score (nSPS) is 18.5. The summed E-state index contributed by atoms with van der Waals surface area (Å²) in [6, 6.07) is 12.7. The number of thiocarbonyl (C=S) groups is 1. The summed E-state index contributed by atoms with van der Waals surface area (Å²) >= 11 is 6.22. The number of thioether (sulfide) groups is 1. The van der Waals surface area contributed by atoms with Crippen molar-refractivity contribution in [3.63, 3.8) is 0 Å². The van der Waals surface area contributed by atoms with Crippen molar-refractivity contribution < 1.29 is 18.8 Å². The molecule has 9 heteroatoms. The number of halogens is 1. The van der Waals surface area contributed by atoms with Crippen LogP contribution in [0.3, 0.4) is 0 Å². The highest BCUT2D eigenvalue weighted by atomic mass is 32.2. The van der Waals surface area contributed by atoms with Gasteiger partial charge in [-0.2, -0.15) is 0 Å². The van der Waals surface area contributed by atoms with Gasteiger partial charge in [0.25, 0.3) is 11.8 Å². The average molecular weight is 427 g/mol. The van der Waals surface area contributed by atoms with Crippen LogP contribution in [0.1, 0.15) is 5.56 Å². The van der Waals surface area contributed by atoms with Crippen molar-refractivity contribution in [1.82, 2.24) is 4.90 Å². The van der Waals surface area contributed by atoms with Gasteiger partial charge in [0.2, 0.25) is 5.91 Å². The minimum Gasteiger partial charge on any atom is -0.322 e. The molecular formula is C20H14FN3O3S2. The van der Waals surface area contributed by atoms with E-state index in [1.54, 1.807) is 37.4 Å². The van der Waals surface area contributed by atoms with E-state index in [4.69, 9.17) is 12.2 Å². The van der Waals surface area contributed by atoms with E-state index < -0.39 is 17.6 Å². The van der Waals surface area contributed by atoms with Crippen LogP contribution in [0.4, 0.5) is 15.8 Å². The number of hydrogen-bond acceptors (Lipinski definition) is 5. The number of carbonyl (C=O) groups excluding carboxylic acids is 3. The Balaban J connectivity index is 1.67. The molecule has 6 nitrogen and oxygen atoms in total. The van der Waals surface area contributed by atoms with Crippen LogP contribution in [-0.4, -0.2) is 40.5 Å². The Bertz CT molecular complexity index is 1120. The zero-order valence-corrected chi connectivity index (χ0v) is 16.8. The molecule has 0 atom stereocenters. The molecule has 0 unspecified atom stereocenters. The number of likely N-dealkylation sites (N-methyl/N-ethyl adjacent to an activating group) is 1. The lowest BCUT2D eigenvalue weighted by atomic mass is 10.1. The van der Waals surface area contributed by atoms with E-state index in [2.05, 4.69) is 5.32 Å². The third-order valence-electron chi connectivity index (χ3n) is 4.56. The number of hydrogen-bond donors (Lipinski definition) is 1. The maximum Gasteiger partial charge on any atom is 0.266 e. The van der Waals surface area contributed by atoms with Gasteiger partial charge in [-0.1, -0.05) is 54.3 Å². The van der Waals surface area contributed by atoms with E-state index in [0.717, 1.165) is 11.8 Å². The zero-order valence-electron chi connectivity index (χ0n) is 15.1. The van der Waals surface area contributed by atoms with Gasteiger partial charge in [-0.05, 0) is 18.2 Å². The van der Waals surface area contributed by atoms with Gasteiger partial charge in [0.15, 0.2) is 0 Å². The number of rotatable bonds is 3. The smallest absolute Gasteiger partial charge is 0.266 e. The van der Waals surface area contributed by atoms with Crippen molar-refractivity contribution in [2.24, 2.45) is 0 Å². The molecule has 1 saturated heterocycles. The Morgan fingerprint density at radius 2 is 1.79 bits per heavy atom. The Hall–Kier alpha value is -3.04. The molecule has 0 radical (unpaired) electrons. The first-order valence-corrected chi connectivity index (χ1v) is 9.80. The van der Waals surface area contributed by atoms with Crippen molar-refractivity contribution in [2.75, 3.05) is 23.8 Å². The van der Waals surface area contributed by atoms with E-state index in [1.165, 1.54) is 28.0 Å². The monoisotopic (exact) mass is 427 g/mol. The maximum absolute atomic E-state index is 13.8. The fourth-order valence-electron chi connectivity index (χ4n) is 3.14. The molecule has 0 aromatic heterocycles. The first-order chi connectivity index (χ1) is 13.9. The minimum absolute atomic E-state index is 0.0320. The molecule has 0 saturated carbocycles. The van der Waals surface area contributed by atoms with Crippen molar-refractivity contribution in [1.29, 1.82) is 0 Å². The summed E-state index contributed by atoms with van der Waals surface area (Å²) in [4.78, 5) is 41.0. The third-order valence-corrected chi connectivity index (χ3v) is 6.12. The van der Waals surface area contributed by atoms with Crippen molar-refractivity contribution in [3.8, 4) is 0 Å². The van der Waals surface area contributed by atoms with E-state index in [0.29, 0.717) is 15.6 Å². The molecule has 4 rings (SSSR count). The lowest BCUT2D eigenvalue weighted by Crippen LogP contribution is -2.35. The van der Waals surface area contributed by atoms with Crippen LogP contribution in [0.5, 0.6) is 0 Å². The largest absolute Gasteiger partial charge is 0.322 e. The quantitative estimate of drug-likeness (QED) is 0.602. The number of nitrogens with one attached hydrogen (secondary N) is 1. The van der Waals surface area contributed by atoms with Gasteiger partial charge in [0.05, 0.1) is 21.9 Å². The van der Waals surface area contributed by atoms with Crippen LogP contribution in [0.15, 0.2) is 53.4 Å². The van der Waals surface area contributed by atoms with Crippen molar-refractivity contribution in [3.05, 3.63) is 64.8 Å². The van der Waals surface area contributed by atoms with Gasteiger partial charge < -0.3 is 5.32 Å². The molecule has 0 bridgehead atoms. The Morgan fingerprint density at radius 1 is 1.10 bits per heavy atom. The average Bonchev–Trinajstić information content (AvgIpc) is 3.11. The second-order valence-electron chi connectivity index (χ2n) is 6.37. The lowest BCUT2D eigenvalue weighted by Gasteiger charge is -2.17. The van der Waals surface area contributed by atoms with Gasteiger partial charge in [0.1, 0.15) is 16.7 Å². The van der Waals surface area contributed by atoms with Crippen LogP contribution in [0.2, 0.25) is 0 Å². The van der Waals surface area contributed by atoms with E-state index >= 15 is 0 Å². The Morgan fingerprint density at radius 3 is 2.48 bits per heavy atom. The molecule has 2 heterocycles. The summed E-state index contributed by atoms with van der Waals surface area (Å²) in [6.07, 6.45) is 0.